The first-order valence-corrected chi connectivity index (χ1v) is 9.25. The molecule has 0 unspecified atom stereocenters. The van der Waals surface area contributed by atoms with Crippen molar-refractivity contribution in [2.24, 2.45) is 13.0 Å². The van der Waals surface area contributed by atoms with Crippen molar-refractivity contribution in [3.63, 3.8) is 0 Å². The average Bonchev–Trinajstić information content (AvgIpc) is 3.09. The van der Waals surface area contributed by atoms with Crippen molar-refractivity contribution in [3.05, 3.63) is 59.3 Å². The first-order chi connectivity index (χ1) is 12.5. The summed E-state index contributed by atoms with van der Waals surface area (Å²) in [6.07, 6.45) is 0.493. The van der Waals surface area contributed by atoms with E-state index >= 15 is 0 Å². The summed E-state index contributed by atoms with van der Waals surface area (Å²) in [6, 6.07) is 12.4. The van der Waals surface area contributed by atoms with Crippen LogP contribution in [-0.2, 0) is 20.0 Å². The smallest absolute Gasteiger partial charge is 0.123 e. The maximum Gasteiger partial charge on any atom is 0.123 e. The lowest BCUT2D eigenvalue weighted by Gasteiger charge is -2.15. The molecular weight excluding hydrogens is 324 g/mol. The summed E-state index contributed by atoms with van der Waals surface area (Å²) in [5.74, 6) is 1.28. The number of hydrogen-bond acceptors (Lipinski definition) is 4. The minimum absolute atomic E-state index is 0.214. The third-order valence-corrected chi connectivity index (χ3v) is 5.69. The van der Waals surface area contributed by atoms with Gasteiger partial charge in [0.1, 0.15) is 5.82 Å². The van der Waals surface area contributed by atoms with Crippen molar-refractivity contribution in [2.45, 2.75) is 32.9 Å². The first-order valence-electron chi connectivity index (χ1n) is 9.25. The normalized spacial score (nSPS) is 20.9. The average molecular weight is 350 g/mol. The predicted octanol–water partition coefficient (Wildman–Crippen LogP) is 2.62. The molecule has 2 atom stereocenters. The van der Waals surface area contributed by atoms with Crippen LogP contribution in [0.25, 0.3) is 10.9 Å². The van der Waals surface area contributed by atoms with E-state index in [0.717, 1.165) is 47.6 Å². The number of rotatable bonds is 4. The molecule has 0 radical (unpaired) electrons. The number of hydrogen-bond donors (Lipinski definition) is 1. The summed E-state index contributed by atoms with van der Waals surface area (Å²) in [5, 5.41) is 11.7. The number of pyridine rings is 1. The van der Waals surface area contributed by atoms with Gasteiger partial charge < -0.3 is 9.67 Å². The summed E-state index contributed by atoms with van der Waals surface area (Å²) in [4.78, 5) is 11.7. The van der Waals surface area contributed by atoms with E-state index in [1.54, 1.807) is 0 Å². The number of β-amino-alcohol motifs (C(OH)–C–C–N with tert-alkyl or cyclic N) is 1. The van der Waals surface area contributed by atoms with Crippen LogP contribution in [0.4, 0.5) is 0 Å². The lowest BCUT2D eigenvalue weighted by atomic mass is 9.99. The first kappa shape index (κ1) is 17.2. The van der Waals surface area contributed by atoms with Crippen LogP contribution in [0.5, 0.6) is 0 Å². The number of imidazole rings is 1. The van der Waals surface area contributed by atoms with Crippen LogP contribution in [-0.4, -0.2) is 43.7 Å². The van der Waals surface area contributed by atoms with E-state index in [0.29, 0.717) is 6.54 Å². The molecule has 0 saturated carbocycles. The lowest BCUT2D eigenvalue weighted by molar-refractivity contribution is 0.140. The van der Waals surface area contributed by atoms with Crippen molar-refractivity contribution < 1.29 is 5.11 Å². The molecule has 5 nitrogen and oxygen atoms in total. The molecule has 26 heavy (non-hydrogen) atoms. The Morgan fingerprint density at radius 1 is 1.08 bits per heavy atom. The topological polar surface area (TPSA) is 54.2 Å². The molecule has 1 saturated heterocycles. The number of aliphatic hydroxyl groups excluding tert-OH is 1. The SMILES string of the molecule is Cc1nc(CN2C[C@@H](Cc3ccc4ccccc4n3)[C@H](O)C2)n(C)c1C. The van der Waals surface area contributed by atoms with Crippen LogP contribution in [0.2, 0.25) is 0 Å². The Morgan fingerprint density at radius 2 is 1.88 bits per heavy atom. The zero-order valence-electron chi connectivity index (χ0n) is 15.7. The van der Waals surface area contributed by atoms with Crippen molar-refractivity contribution in [3.8, 4) is 0 Å². The van der Waals surface area contributed by atoms with Gasteiger partial charge in [-0.1, -0.05) is 24.3 Å². The number of benzene rings is 1. The van der Waals surface area contributed by atoms with Gasteiger partial charge in [0, 0.05) is 42.8 Å². The van der Waals surface area contributed by atoms with E-state index in [1.165, 1.54) is 5.69 Å². The lowest BCUT2D eigenvalue weighted by Crippen LogP contribution is -2.23. The Labute approximate surface area is 154 Å². The molecule has 1 aliphatic rings. The highest BCUT2D eigenvalue weighted by Gasteiger charge is 2.32. The number of aromatic nitrogens is 3. The number of aliphatic hydroxyl groups is 1. The Balaban J connectivity index is 1.45. The zero-order valence-corrected chi connectivity index (χ0v) is 15.7. The fourth-order valence-electron chi connectivity index (χ4n) is 3.89. The summed E-state index contributed by atoms with van der Waals surface area (Å²) < 4.78 is 2.15. The number of para-hydroxylation sites is 1. The molecule has 1 N–H and O–H groups in total. The van der Waals surface area contributed by atoms with Crippen molar-refractivity contribution >= 4 is 10.9 Å². The molecule has 0 aliphatic carbocycles. The molecule has 136 valence electrons. The Bertz CT molecular complexity index is 933. The standard InChI is InChI=1S/C21H26N4O/c1-14-15(2)24(3)21(22-14)13-25-11-17(20(26)12-25)10-18-9-8-16-6-4-5-7-19(16)23-18/h4-9,17,20,26H,10-13H2,1-3H3/t17-,20-/m1/s1. The second kappa shape index (κ2) is 6.82. The Hall–Kier alpha value is -2.24. The fourth-order valence-corrected chi connectivity index (χ4v) is 3.89. The van der Waals surface area contributed by atoms with Gasteiger partial charge in [-0.15, -0.1) is 0 Å². The molecule has 5 heteroatoms. The molecule has 2 aromatic heterocycles. The van der Waals surface area contributed by atoms with Crippen LogP contribution < -0.4 is 0 Å². The second-order valence-electron chi connectivity index (χ2n) is 7.48. The van der Waals surface area contributed by atoms with Crippen molar-refractivity contribution in [2.75, 3.05) is 13.1 Å². The molecule has 0 spiro atoms. The largest absolute Gasteiger partial charge is 0.391 e. The van der Waals surface area contributed by atoms with E-state index in [2.05, 4.69) is 46.6 Å². The van der Waals surface area contributed by atoms with Crippen LogP contribution in [0.1, 0.15) is 22.9 Å². The van der Waals surface area contributed by atoms with Gasteiger partial charge in [-0.3, -0.25) is 9.88 Å². The summed E-state index contributed by atoms with van der Waals surface area (Å²) >= 11 is 0. The molecule has 1 fully saturated rings. The molecule has 1 aliphatic heterocycles. The van der Waals surface area contributed by atoms with Crippen molar-refractivity contribution in [1.82, 2.24) is 19.4 Å². The van der Waals surface area contributed by atoms with E-state index < -0.39 is 0 Å². The fraction of sp³-hybridized carbons (Fsp3) is 0.429. The van der Waals surface area contributed by atoms with Gasteiger partial charge in [0.2, 0.25) is 0 Å². The van der Waals surface area contributed by atoms with Crippen LogP contribution in [0.3, 0.4) is 0 Å². The molecule has 4 rings (SSSR count). The van der Waals surface area contributed by atoms with Gasteiger partial charge in [0.15, 0.2) is 0 Å². The van der Waals surface area contributed by atoms with E-state index in [-0.39, 0.29) is 12.0 Å². The maximum absolute atomic E-state index is 10.5. The summed E-state index contributed by atoms with van der Waals surface area (Å²) in [7, 11) is 2.06. The minimum atomic E-state index is -0.314. The number of likely N-dealkylation sites (tertiary alicyclic amines) is 1. The van der Waals surface area contributed by atoms with Crippen LogP contribution in [0, 0.1) is 19.8 Å². The summed E-state index contributed by atoms with van der Waals surface area (Å²) in [5.41, 5.74) is 4.36. The number of fused-ring (bicyclic) bond motifs is 1. The molecular formula is C21H26N4O. The van der Waals surface area contributed by atoms with E-state index in [1.807, 2.05) is 25.1 Å². The van der Waals surface area contributed by atoms with Gasteiger partial charge >= 0.3 is 0 Å². The third kappa shape index (κ3) is 3.24. The highest BCUT2D eigenvalue weighted by Crippen LogP contribution is 2.24. The Kier molecular flexibility index (Phi) is 4.51. The van der Waals surface area contributed by atoms with Crippen molar-refractivity contribution in [1.29, 1.82) is 0 Å². The quantitative estimate of drug-likeness (QED) is 0.786. The maximum atomic E-state index is 10.5. The van der Waals surface area contributed by atoms with Gasteiger partial charge in [-0.2, -0.15) is 0 Å². The second-order valence-corrected chi connectivity index (χ2v) is 7.48. The summed E-state index contributed by atoms with van der Waals surface area (Å²) in [6.45, 7) is 6.50. The van der Waals surface area contributed by atoms with Gasteiger partial charge in [-0.05, 0) is 32.4 Å². The Morgan fingerprint density at radius 3 is 2.65 bits per heavy atom. The third-order valence-electron chi connectivity index (χ3n) is 5.69. The van der Waals surface area contributed by atoms with Crippen LogP contribution in [0.15, 0.2) is 36.4 Å². The molecule has 1 aromatic carbocycles. The van der Waals surface area contributed by atoms with Gasteiger partial charge in [0.05, 0.1) is 23.9 Å². The molecule has 0 amide bonds. The molecule has 3 aromatic rings. The highest BCUT2D eigenvalue weighted by atomic mass is 16.3. The highest BCUT2D eigenvalue weighted by molar-refractivity contribution is 5.78. The minimum Gasteiger partial charge on any atom is -0.391 e. The van der Waals surface area contributed by atoms with E-state index in [9.17, 15) is 5.11 Å². The molecule has 3 heterocycles. The van der Waals surface area contributed by atoms with Gasteiger partial charge in [-0.25, -0.2) is 4.98 Å². The van der Waals surface area contributed by atoms with Gasteiger partial charge in [0.25, 0.3) is 0 Å². The van der Waals surface area contributed by atoms with Crippen LogP contribution >= 0.6 is 0 Å². The number of nitrogens with zero attached hydrogens (tertiary/aromatic N) is 4. The molecule has 0 bridgehead atoms. The predicted molar refractivity (Wildman–Crippen MR) is 103 cm³/mol. The zero-order chi connectivity index (χ0) is 18.3. The van der Waals surface area contributed by atoms with E-state index in [4.69, 9.17) is 4.98 Å². The number of aryl methyl sites for hydroxylation is 1. The monoisotopic (exact) mass is 350 g/mol.